The Balaban J connectivity index is 1.24. The van der Waals surface area contributed by atoms with Gasteiger partial charge in [0, 0.05) is 0 Å². The van der Waals surface area contributed by atoms with Crippen LogP contribution in [-0.4, -0.2) is 37.1 Å². The summed E-state index contributed by atoms with van der Waals surface area (Å²) >= 11 is 0. The molecule has 1 fully saturated rings. The summed E-state index contributed by atoms with van der Waals surface area (Å²) in [5, 5.41) is 0. The van der Waals surface area contributed by atoms with Crippen LogP contribution in [-0.2, 0) is 9.53 Å². The zero-order valence-corrected chi connectivity index (χ0v) is 18.8. The first-order chi connectivity index (χ1) is 15.3. The molecule has 0 aromatic heterocycles. The van der Waals surface area contributed by atoms with Crippen molar-refractivity contribution in [2.45, 2.75) is 57.3 Å². The molecule has 0 radical (unpaired) electrons. The van der Waals surface area contributed by atoms with E-state index in [0.717, 1.165) is 45.3 Å². The standard InChI is InChI=1S/C28H37NO2/c30-28(31-22-23-10-4-1-5-11-23)26-16-19-29(20-17-26)21-18-27(24-12-6-2-7-13-24)25-14-8-3-9-15-25/h1-2,4,6-8,10,12-14,25-27H,3,5,9,11,15-22H2. The third kappa shape index (κ3) is 6.43. The molecule has 0 saturated carbocycles. The Labute approximate surface area is 187 Å². The van der Waals surface area contributed by atoms with Crippen molar-refractivity contribution in [3.8, 4) is 0 Å². The van der Waals surface area contributed by atoms with Crippen molar-refractivity contribution >= 4 is 5.97 Å². The number of nitrogens with zero attached hydrogens (tertiary/aromatic N) is 1. The number of carbonyl (C=O) groups is 1. The number of benzene rings is 1. The van der Waals surface area contributed by atoms with Crippen LogP contribution in [0.2, 0.25) is 0 Å². The lowest BCUT2D eigenvalue weighted by atomic mass is 9.78. The van der Waals surface area contributed by atoms with Crippen molar-refractivity contribution in [1.82, 2.24) is 4.90 Å². The predicted molar refractivity (Wildman–Crippen MR) is 127 cm³/mol. The van der Waals surface area contributed by atoms with E-state index in [0.29, 0.717) is 18.4 Å². The summed E-state index contributed by atoms with van der Waals surface area (Å²) in [7, 11) is 0. The van der Waals surface area contributed by atoms with Crippen LogP contribution in [0.25, 0.3) is 0 Å². The fourth-order valence-electron chi connectivity index (χ4n) is 5.27. The topological polar surface area (TPSA) is 29.5 Å². The third-order valence-corrected chi connectivity index (χ3v) is 7.21. The molecular weight excluding hydrogens is 382 g/mol. The second kappa shape index (κ2) is 11.5. The van der Waals surface area contributed by atoms with Crippen LogP contribution in [0.5, 0.6) is 0 Å². The van der Waals surface area contributed by atoms with Gasteiger partial charge in [-0.05, 0) is 94.0 Å². The minimum Gasteiger partial charge on any atom is -0.461 e. The van der Waals surface area contributed by atoms with Gasteiger partial charge in [-0.3, -0.25) is 4.79 Å². The number of carbonyl (C=O) groups excluding carboxylic acids is 1. The van der Waals surface area contributed by atoms with Gasteiger partial charge in [0.1, 0.15) is 6.61 Å². The van der Waals surface area contributed by atoms with Gasteiger partial charge >= 0.3 is 5.97 Å². The van der Waals surface area contributed by atoms with Gasteiger partial charge < -0.3 is 9.64 Å². The molecule has 2 atom stereocenters. The Morgan fingerprint density at radius 1 is 1.06 bits per heavy atom. The number of likely N-dealkylation sites (tertiary alicyclic amines) is 1. The maximum Gasteiger partial charge on any atom is 0.309 e. The normalized spacial score (nSPS) is 23.4. The molecule has 3 heteroatoms. The summed E-state index contributed by atoms with van der Waals surface area (Å²) in [5.74, 6) is 1.33. The molecule has 3 nitrogen and oxygen atoms in total. The van der Waals surface area contributed by atoms with Crippen LogP contribution in [0.1, 0.15) is 62.8 Å². The van der Waals surface area contributed by atoms with E-state index in [-0.39, 0.29) is 11.9 Å². The molecule has 1 aromatic rings. The van der Waals surface area contributed by atoms with Crippen LogP contribution in [0.15, 0.2) is 66.3 Å². The number of piperidine rings is 1. The van der Waals surface area contributed by atoms with Gasteiger partial charge in [0.15, 0.2) is 0 Å². The number of rotatable bonds is 8. The van der Waals surface area contributed by atoms with Crippen molar-refractivity contribution in [2.24, 2.45) is 11.8 Å². The average molecular weight is 420 g/mol. The average Bonchev–Trinajstić information content (AvgIpc) is 2.85. The highest BCUT2D eigenvalue weighted by atomic mass is 16.5. The van der Waals surface area contributed by atoms with Crippen molar-refractivity contribution in [1.29, 1.82) is 0 Å². The molecule has 1 aliphatic heterocycles. The predicted octanol–water partition coefficient (Wildman–Crippen LogP) is 6.05. The Morgan fingerprint density at radius 3 is 2.61 bits per heavy atom. The molecule has 0 bridgehead atoms. The van der Waals surface area contributed by atoms with Crippen molar-refractivity contribution in [3.05, 3.63) is 71.8 Å². The fourth-order valence-corrected chi connectivity index (χ4v) is 5.27. The molecule has 1 aromatic carbocycles. The zero-order chi connectivity index (χ0) is 21.3. The Morgan fingerprint density at radius 2 is 1.90 bits per heavy atom. The second-order valence-corrected chi connectivity index (χ2v) is 9.34. The van der Waals surface area contributed by atoms with Gasteiger partial charge in [-0.2, -0.15) is 0 Å². The maximum atomic E-state index is 12.5. The molecule has 0 N–H and O–H groups in total. The van der Waals surface area contributed by atoms with E-state index in [1.165, 1.54) is 36.8 Å². The SMILES string of the molecule is O=C(OCC1=CC=CCC1)C1CCN(CCC(c2ccccc2)C2C=CCCC2)CC1. The molecule has 0 spiro atoms. The smallest absolute Gasteiger partial charge is 0.309 e. The largest absolute Gasteiger partial charge is 0.461 e. The molecule has 2 unspecified atom stereocenters. The molecule has 166 valence electrons. The van der Waals surface area contributed by atoms with Crippen molar-refractivity contribution < 1.29 is 9.53 Å². The van der Waals surface area contributed by atoms with E-state index in [1.54, 1.807) is 0 Å². The molecule has 3 aliphatic rings. The zero-order valence-electron chi connectivity index (χ0n) is 18.8. The number of ether oxygens (including phenoxy) is 1. The maximum absolute atomic E-state index is 12.5. The molecule has 0 amide bonds. The van der Waals surface area contributed by atoms with Gasteiger partial charge in [0.2, 0.25) is 0 Å². The van der Waals surface area contributed by atoms with Crippen LogP contribution in [0.3, 0.4) is 0 Å². The molecule has 31 heavy (non-hydrogen) atoms. The van der Waals surface area contributed by atoms with E-state index in [4.69, 9.17) is 4.74 Å². The van der Waals surface area contributed by atoms with E-state index >= 15 is 0 Å². The van der Waals surface area contributed by atoms with Gasteiger partial charge in [-0.15, -0.1) is 0 Å². The highest BCUT2D eigenvalue weighted by molar-refractivity contribution is 5.72. The summed E-state index contributed by atoms with van der Waals surface area (Å²) in [6, 6.07) is 11.1. The summed E-state index contributed by atoms with van der Waals surface area (Å²) in [6.45, 7) is 3.60. The van der Waals surface area contributed by atoms with Crippen LogP contribution < -0.4 is 0 Å². The lowest BCUT2D eigenvalue weighted by Crippen LogP contribution is -2.38. The molecule has 4 rings (SSSR count). The first-order valence-electron chi connectivity index (χ1n) is 12.2. The number of esters is 1. The van der Waals surface area contributed by atoms with Gasteiger partial charge in [0.25, 0.3) is 0 Å². The first kappa shape index (κ1) is 22.1. The summed E-state index contributed by atoms with van der Waals surface area (Å²) in [5.41, 5.74) is 2.71. The number of allylic oxidation sites excluding steroid dienone is 5. The third-order valence-electron chi connectivity index (χ3n) is 7.21. The Hall–Kier alpha value is -2.13. The van der Waals surface area contributed by atoms with Gasteiger partial charge in [-0.1, -0.05) is 60.7 Å². The number of hydrogen-bond acceptors (Lipinski definition) is 3. The van der Waals surface area contributed by atoms with Gasteiger partial charge in [-0.25, -0.2) is 0 Å². The lowest BCUT2D eigenvalue weighted by Gasteiger charge is -2.34. The van der Waals surface area contributed by atoms with Crippen LogP contribution in [0, 0.1) is 11.8 Å². The highest BCUT2D eigenvalue weighted by Gasteiger charge is 2.28. The summed E-state index contributed by atoms with van der Waals surface area (Å²) in [6.07, 6.45) is 20.1. The molecule has 2 aliphatic carbocycles. The van der Waals surface area contributed by atoms with Crippen LogP contribution in [0.4, 0.5) is 0 Å². The molecule has 1 heterocycles. The Bertz CT molecular complexity index is 786. The number of hydrogen-bond donors (Lipinski definition) is 0. The quantitative estimate of drug-likeness (QED) is 0.379. The molecular formula is C28H37NO2. The molecule has 1 saturated heterocycles. The van der Waals surface area contributed by atoms with E-state index < -0.39 is 0 Å². The highest BCUT2D eigenvalue weighted by Crippen LogP contribution is 2.35. The summed E-state index contributed by atoms with van der Waals surface area (Å²) in [4.78, 5) is 15.1. The fraction of sp³-hybridized carbons (Fsp3) is 0.536. The minimum atomic E-state index is 0.00427. The Kier molecular flexibility index (Phi) is 8.17. The first-order valence-corrected chi connectivity index (χ1v) is 12.2. The van der Waals surface area contributed by atoms with Crippen LogP contribution >= 0.6 is 0 Å². The monoisotopic (exact) mass is 419 g/mol. The van der Waals surface area contributed by atoms with Crippen molar-refractivity contribution in [3.63, 3.8) is 0 Å². The summed E-state index contributed by atoms with van der Waals surface area (Å²) < 4.78 is 5.62. The van der Waals surface area contributed by atoms with Gasteiger partial charge in [0.05, 0.1) is 5.92 Å². The van der Waals surface area contributed by atoms with E-state index in [9.17, 15) is 4.79 Å². The van der Waals surface area contributed by atoms with E-state index in [2.05, 4.69) is 65.6 Å². The van der Waals surface area contributed by atoms with Crippen molar-refractivity contribution in [2.75, 3.05) is 26.2 Å². The lowest BCUT2D eigenvalue weighted by molar-refractivity contribution is -0.149. The minimum absolute atomic E-state index is 0.00427. The van der Waals surface area contributed by atoms with E-state index in [1.807, 2.05) is 0 Å². The second-order valence-electron chi connectivity index (χ2n) is 9.34.